The van der Waals surface area contributed by atoms with E-state index in [9.17, 15) is 9.59 Å². The molecule has 6 heteroatoms. The Morgan fingerprint density at radius 2 is 2.06 bits per heavy atom. The Balaban J connectivity index is 1.90. The van der Waals surface area contributed by atoms with Gasteiger partial charge in [-0.15, -0.1) is 0 Å². The molecule has 0 unspecified atom stereocenters. The van der Waals surface area contributed by atoms with Gasteiger partial charge < -0.3 is 10.1 Å². The summed E-state index contributed by atoms with van der Waals surface area (Å²) in [6, 6.07) is -0.411. The third-order valence-corrected chi connectivity index (χ3v) is 3.52. The van der Waals surface area contributed by atoms with Crippen molar-refractivity contribution in [2.24, 2.45) is 11.0 Å². The molecule has 2 rings (SSSR count). The minimum atomic E-state index is -0.639. The van der Waals surface area contributed by atoms with Crippen LogP contribution in [0.5, 0.6) is 0 Å². The van der Waals surface area contributed by atoms with Gasteiger partial charge in [0.2, 0.25) is 5.91 Å². The van der Waals surface area contributed by atoms with E-state index in [1.165, 1.54) is 19.7 Å². The molecule has 0 spiro atoms. The summed E-state index contributed by atoms with van der Waals surface area (Å²) in [5, 5.41) is 6.77. The van der Waals surface area contributed by atoms with Gasteiger partial charge in [-0.3, -0.25) is 15.0 Å². The Bertz CT molecular complexity index is 350. The van der Waals surface area contributed by atoms with E-state index in [1.54, 1.807) is 0 Å². The van der Waals surface area contributed by atoms with Crippen LogP contribution < -0.4 is 10.7 Å². The first-order valence-electron chi connectivity index (χ1n) is 6.39. The van der Waals surface area contributed by atoms with E-state index in [1.807, 2.05) is 0 Å². The molecule has 100 valence electrons. The number of nitrogens with one attached hydrogen (secondary N) is 2. The van der Waals surface area contributed by atoms with Gasteiger partial charge in [-0.25, -0.2) is 0 Å². The van der Waals surface area contributed by atoms with E-state index < -0.39 is 17.9 Å². The zero-order valence-electron chi connectivity index (χ0n) is 10.5. The molecule has 1 saturated carbocycles. The van der Waals surface area contributed by atoms with E-state index in [4.69, 9.17) is 0 Å². The van der Waals surface area contributed by atoms with E-state index in [0.29, 0.717) is 0 Å². The van der Waals surface area contributed by atoms with Crippen LogP contribution in [0.4, 0.5) is 0 Å². The van der Waals surface area contributed by atoms with Crippen LogP contribution in [0.1, 0.15) is 32.1 Å². The SMILES string of the molecule is COC(=O)[C@@H]1C=NN[C@H]1C(=O)NC1CCCCC1. The molecule has 0 aromatic carbocycles. The monoisotopic (exact) mass is 253 g/mol. The molecular formula is C12H19N3O3. The Morgan fingerprint density at radius 1 is 1.33 bits per heavy atom. The predicted octanol–water partition coefficient (Wildman–Crippen LogP) is 0.182. The Morgan fingerprint density at radius 3 is 2.72 bits per heavy atom. The van der Waals surface area contributed by atoms with Crippen molar-refractivity contribution in [1.82, 2.24) is 10.7 Å². The number of hydrogen-bond acceptors (Lipinski definition) is 5. The Labute approximate surface area is 106 Å². The average molecular weight is 253 g/mol. The zero-order valence-corrected chi connectivity index (χ0v) is 10.5. The molecule has 0 saturated heterocycles. The molecule has 1 amide bonds. The van der Waals surface area contributed by atoms with E-state index in [0.717, 1.165) is 25.7 Å². The number of esters is 1. The van der Waals surface area contributed by atoms with E-state index in [2.05, 4.69) is 20.6 Å². The van der Waals surface area contributed by atoms with Crippen molar-refractivity contribution >= 4 is 18.1 Å². The quantitative estimate of drug-likeness (QED) is 0.703. The van der Waals surface area contributed by atoms with E-state index >= 15 is 0 Å². The molecule has 2 atom stereocenters. The van der Waals surface area contributed by atoms with Crippen LogP contribution in [0.3, 0.4) is 0 Å². The maximum atomic E-state index is 12.1. The minimum Gasteiger partial charge on any atom is -0.468 e. The highest BCUT2D eigenvalue weighted by Crippen LogP contribution is 2.18. The first-order chi connectivity index (χ1) is 8.72. The lowest BCUT2D eigenvalue weighted by Crippen LogP contribution is -2.50. The van der Waals surface area contributed by atoms with Gasteiger partial charge in [0.15, 0.2) is 0 Å². The molecule has 1 aliphatic carbocycles. The number of amides is 1. The van der Waals surface area contributed by atoms with Crippen molar-refractivity contribution in [2.45, 2.75) is 44.2 Å². The molecule has 0 aromatic rings. The van der Waals surface area contributed by atoms with Crippen molar-refractivity contribution in [2.75, 3.05) is 7.11 Å². The molecule has 0 aromatic heterocycles. The van der Waals surface area contributed by atoms with Crippen LogP contribution in [-0.2, 0) is 14.3 Å². The normalized spacial score (nSPS) is 27.6. The third-order valence-electron chi connectivity index (χ3n) is 3.52. The fourth-order valence-corrected chi connectivity index (χ4v) is 2.46. The van der Waals surface area contributed by atoms with Crippen molar-refractivity contribution in [3.05, 3.63) is 0 Å². The predicted molar refractivity (Wildman–Crippen MR) is 65.9 cm³/mol. The number of carbonyl (C=O) groups is 2. The van der Waals surface area contributed by atoms with Crippen molar-refractivity contribution in [3.63, 3.8) is 0 Å². The summed E-state index contributed by atoms with van der Waals surface area (Å²) in [5.74, 6) is -1.24. The number of nitrogens with zero attached hydrogens (tertiary/aromatic N) is 1. The third kappa shape index (κ3) is 2.80. The van der Waals surface area contributed by atoms with Crippen LogP contribution in [0.25, 0.3) is 0 Å². The van der Waals surface area contributed by atoms with Crippen LogP contribution in [0.15, 0.2) is 5.10 Å². The highest BCUT2D eigenvalue weighted by atomic mass is 16.5. The lowest BCUT2D eigenvalue weighted by molar-refractivity contribution is -0.145. The maximum absolute atomic E-state index is 12.1. The molecule has 1 aliphatic heterocycles. The summed E-state index contributed by atoms with van der Waals surface area (Å²) in [6.07, 6.45) is 7.00. The molecule has 1 fully saturated rings. The van der Waals surface area contributed by atoms with Gasteiger partial charge in [-0.2, -0.15) is 5.10 Å². The molecule has 2 N–H and O–H groups in total. The van der Waals surface area contributed by atoms with Gasteiger partial charge in [-0.1, -0.05) is 19.3 Å². The van der Waals surface area contributed by atoms with E-state index in [-0.39, 0.29) is 11.9 Å². The standard InChI is InChI=1S/C12H19N3O3/c1-18-12(17)9-7-13-15-10(9)11(16)14-8-5-3-2-4-6-8/h7-10,15H,2-6H2,1H3,(H,14,16)/t9-,10-/m1/s1. The van der Waals surface area contributed by atoms with Gasteiger partial charge in [0.25, 0.3) is 0 Å². The molecule has 0 bridgehead atoms. The molecule has 6 nitrogen and oxygen atoms in total. The second-order valence-electron chi connectivity index (χ2n) is 4.78. The number of rotatable bonds is 3. The van der Waals surface area contributed by atoms with Gasteiger partial charge in [0, 0.05) is 12.3 Å². The first kappa shape index (κ1) is 12.9. The minimum absolute atomic E-state index is 0.171. The molecular weight excluding hydrogens is 234 g/mol. The summed E-state index contributed by atoms with van der Waals surface area (Å²) in [6.45, 7) is 0. The summed E-state index contributed by atoms with van der Waals surface area (Å²) in [7, 11) is 1.31. The lowest BCUT2D eigenvalue weighted by Gasteiger charge is -2.25. The van der Waals surface area contributed by atoms with Crippen molar-refractivity contribution < 1.29 is 14.3 Å². The number of ether oxygens (including phenoxy) is 1. The summed E-state index contributed by atoms with van der Waals surface area (Å²) >= 11 is 0. The second kappa shape index (κ2) is 5.84. The lowest BCUT2D eigenvalue weighted by atomic mass is 9.94. The fraction of sp³-hybridized carbons (Fsp3) is 0.750. The van der Waals surface area contributed by atoms with Crippen LogP contribution in [0, 0.1) is 5.92 Å². The highest BCUT2D eigenvalue weighted by molar-refractivity contribution is 5.99. The average Bonchev–Trinajstić information content (AvgIpc) is 2.88. The van der Waals surface area contributed by atoms with Crippen LogP contribution in [-0.4, -0.2) is 37.3 Å². The fourth-order valence-electron chi connectivity index (χ4n) is 2.46. The van der Waals surface area contributed by atoms with Crippen LogP contribution >= 0.6 is 0 Å². The smallest absolute Gasteiger partial charge is 0.316 e. The van der Waals surface area contributed by atoms with Crippen molar-refractivity contribution in [1.29, 1.82) is 0 Å². The second-order valence-corrected chi connectivity index (χ2v) is 4.78. The molecule has 2 aliphatic rings. The topological polar surface area (TPSA) is 79.8 Å². The van der Waals surface area contributed by atoms with Gasteiger partial charge in [0.1, 0.15) is 12.0 Å². The van der Waals surface area contributed by atoms with Gasteiger partial charge in [-0.05, 0) is 12.8 Å². The van der Waals surface area contributed by atoms with Gasteiger partial charge in [0.05, 0.1) is 7.11 Å². The van der Waals surface area contributed by atoms with Gasteiger partial charge >= 0.3 is 5.97 Å². The number of hydrogen-bond donors (Lipinski definition) is 2. The number of carbonyl (C=O) groups excluding carboxylic acids is 2. The summed E-state index contributed by atoms with van der Waals surface area (Å²) in [4.78, 5) is 23.6. The molecule has 0 radical (unpaired) electrons. The molecule has 1 heterocycles. The van der Waals surface area contributed by atoms with Crippen LogP contribution in [0.2, 0.25) is 0 Å². The van der Waals surface area contributed by atoms with Crippen molar-refractivity contribution in [3.8, 4) is 0 Å². The largest absolute Gasteiger partial charge is 0.468 e. The molecule has 18 heavy (non-hydrogen) atoms. The summed E-state index contributed by atoms with van der Waals surface area (Å²) < 4.78 is 4.65. The highest BCUT2D eigenvalue weighted by Gasteiger charge is 2.37. The zero-order chi connectivity index (χ0) is 13.0. The first-order valence-corrected chi connectivity index (χ1v) is 6.39. The number of methoxy groups -OCH3 is 1. The number of hydrazone groups is 1. The Hall–Kier alpha value is -1.59. The maximum Gasteiger partial charge on any atom is 0.316 e. The summed E-state index contributed by atoms with van der Waals surface area (Å²) in [5.41, 5.74) is 2.67. The Kier molecular flexibility index (Phi) is 4.17.